The molecule has 1 rings (SSSR count). The lowest BCUT2D eigenvalue weighted by atomic mass is 10.2. The Bertz CT molecular complexity index is 366. The van der Waals surface area contributed by atoms with Gasteiger partial charge in [-0.05, 0) is 32.9 Å². The predicted octanol–water partition coefficient (Wildman–Crippen LogP) is 2.61. The quantitative estimate of drug-likeness (QED) is 0.698. The van der Waals surface area contributed by atoms with Crippen molar-refractivity contribution < 1.29 is 14.2 Å². The number of hydrogen-bond acceptors (Lipinski definition) is 4. The van der Waals surface area contributed by atoms with E-state index in [0.29, 0.717) is 6.10 Å². The maximum absolute atomic E-state index is 5.49. The number of benzene rings is 1. The third kappa shape index (κ3) is 5.49. The second-order valence-electron chi connectivity index (χ2n) is 4.60. The maximum atomic E-state index is 5.49. The van der Waals surface area contributed by atoms with E-state index in [2.05, 4.69) is 19.2 Å². The highest BCUT2D eigenvalue weighted by Crippen LogP contribution is 2.30. The Kier molecular flexibility index (Phi) is 7.30. The van der Waals surface area contributed by atoms with Gasteiger partial charge in [0.15, 0.2) is 11.5 Å². The zero-order valence-corrected chi connectivity index (χ0v) is 12.4. The minimum atomic E-state index is 0.304. The normalized spacial score (nSPS) is 10.8. The molecule has 1 aromatic rings. The average molecular weight is 267 g/mol. The van der Waals surface area contributed by atoms with E-state index in [-0.39, 0.29) is 0 Å². The van der Waals surface area contributed by atoms with Crippen LogP contribution in [0.2, 0.25) is 0 Å². The summed E-state index contributed by atoms with van der Waals surface area (Å²) < 4.78 is 16.2. The lowest BCUT2D eigenvalue weighted by Crippen LogP contribution is -2.17. The van der Waals surface area contributed by atoms with Gasteiger partial charge in [0.25, 0.3) is 0 Å². The number of hydrogen-bond donors (Lipinski definition) is 1. The molecule has 0 aromatic heterocycles. The van der Waals surface area contributed by atoms with Crippen LogP contribution < -0.4 is 14.8 Å². The molecule has 0 saturated heterocycles. The van der Waals surface area contributed by atoms with Crippen molar-refractivity contribution in [1.29, 1.82) is 0 Å². The van der Waals surface area contributed by atoms with Gasteiger partial charge >= 0.3 is 0 Å². The molecule has 0 heterocycles. The van der Waals surface area contributed by atoms with Crippen molar-refractivity contribution >= 4 is 0 Å². The van der Waals surface area contributed by atoms with Crippen LogP contribution in [0.5, 0.6) is 11.5 Å². The molecular formula is C15H25NO3. The molecule has 1 aromatic carbocycles. The third-order valence-corrected chi connectivity index (χ3v) is 2.75. The van der Waals surface area contributed by atoms with Gasteiger partial charge in [-0.15, -0.1) is 0 Å². The first-order valence-electron chi connectivity index (χ1n) is 6.71. The summed E-state index contributed by atoms with van der Waals surface area (Å²) in [6, 6.07) is 5.91. The molecule has 0 saturated carbocycles. The Labute approximate surface area is 116 Å². The van der Waals surface area contributed by atoms with E-state index in [4.69, 9.17) is 14.2 Å². The highest BCUT2D eigenvalue weighted by molar-refractivity contribution is 5.46. The van der Waals surface area contributed by atoms with Gasteiger partial charge in [0.05, 0.1) is 20.3 Å². The van der Waals surface area contributed by atoms with E-state index in [1.807, 2.05) is 18.2 Å². The van der Waals surface area contributed by atoms with Gasteiger partial charge in [-0.2, -0.15) is 0 Å². The first-order valence-corrected chi connectivity index (χ1v) is 6.71. The van der Waals surface area contributed by atoms with Crippen molar-refractivity contribution in [2.24, 2.45) is 0 Å². The molecular weight excluding hydrogens is 242 g/mol. The molecule has 0 unspecified atom stereocenters. The minimum Gasteiger partial charge on any atom is -0.493 e. The average Bonchev–Trinajstić information content (AvgIpc) is 2.41. The van der Waals surface area contributed by atoms with Crippen molar-refractivity contribution in [1.82, 2.24) is 5.32 Å². The highest BCUT2D eigenvalue weighted by Gasteiger charge is 2.08. The summed E-state index contributed by atoms with van der Waals surface area (Å²) >= 11 is 0. The van der Waals surface area contributed by atoms with Crippen LogP contribution in [0.3, 0.4) is 0 Å². The topological polar surface area (TPSA) is 39.7 Å². The van der Waals surface area contributed by atoms with Crippen LogP contribution in [0.15, 0.2) is 18.2 Å². The molecule has 4 heteroatoms. The van der Waals surface area contributed by atoms with Crippen LogP contribution in [0.1, 0.15) is 25.8 Å². The second-order valence-corrected chi connectivity index (χ2v) is 4.60. The van der Waals surface area contributed by atoms with Crippen molar-refractivity contribution in [3.63, 3.8) is 0 Å². The molecule has 0 atom stereocenters. The van der Waals surface area contributed by atoms with Crippen LogP contribution in [0.25, 0.3) is 0 Å². The second kappa shape index (κ2) is 8.77. The molecule has 0 radical (unpaired) electrons. The van der Waals surface area contributed by atoms with Crippen LogP contribution in [-0.2, 0) is 11.3 Å². The van der Waals surface area contributed by atoms with Gasteiger partial charge in [0.2, 0.25) is 0 Å². The molecule has 0 spiro atoms. The molecule has 19 heavy (non-hydrogen) atoms. The fourth-order valence-corrected chi connectivity index (χ4v) is 1.83. The number of ether oxygens (including phenoxy) is 3. The number of methoxy groups -OCH3 is 2. The minimum absolute atomic E-state index is 0.304. The summed E-state index contributed by atoms with van der Waals surface area (Å²) in [7, 11) is 3.32. The fourth-order valence-electron chi connectivity index (χ4n) is 1.83. The molecule has 0 aliphatic heterocycles. The number of nitrogens with one attached hydrogen (secondary N) is 1. The van der Waals surface area contributed by atoms with E-state index in [1.165, 1.54) is 0 Å². The van der Waals surface area contributed by atoms with E-state index < -0.39 is 0 Å². The number of para-hydroxylation sites is 1. The summed E-state index contributed by atoms with van der Waals surface area (Å²) in [5.74, 6) is 1.57. The highest BCUT2D eigenvalue weighted by atomic mass is 16.5. The largest absolute Gasteiger partial charge is 0.493 e. The van der Waals surface area contributed by atoms with Crippen molar-refractivity contribution in [3.8, 4) is 11.5 Å². The van der Waals surface area contributed by atoms with Crippen molar-refractivity contribution in [2.75, 3.05) is 27.4 Å². The monoisotopic (exact) mass is 267 g/mol. The van der Waals surface area contributed by atoms with E-state index in [0.717, 1.165) is 43.2 Å². The molecule has 0 amide bonds. The van der Waals surface area contributed by atoms with Crippen molar-refractivity contribution in [2.45, 2.75) is 32.9 Å². The smallest absolute Gasteiger partial charge is 0.165 e. The molecule has 4 nitrogen and oxygen atoms in total. The van der Waals surface area contributed by atoms with Gasteiger partial charge < -0.3 is 19.5 Å². The van der Waals surface area contributed by atoms with Crippen LogP contribution >= 0.6 is 0 Å². The summed E-state index contributed by atoms with van der Waals surface area (Å²) in [5, 5.41) is 3.39. The molecule has 1 N–H and O–H groups in total. The molecule has 0 aliphatic carbocycles. The Balaban J connectivity index is 2.37. The zero-order chi connectivity index (χ0) is 14.1. The Hall–Kier alpha value is -1.26. The van der Waals surface area contributed by atoms with Crippen molar-refractivity contribution in [3.05, 3.63) is 23.8 Å². The third-order valence-electron chi connectivity index (χ3n) is 2.75. The van der Waals surface area contributed by atoms with E-state index in [1.54, 1.807) is 14.2 Å². The lowest BCUT2D eigenvalue weighted by molar-refractivity contribution is 0.0770. The summed E-state index contributed by atoms with van der Waals surface area (Å²) in [4.78, 5) is 0. The summed E-state index contributed by atoms with van der Waals surface area (Å²) in [6.07, 6.45) is 1.31. The molecule has 0 bridgehead atoms. The van der Waals surface area contributed by atoms with Gasteiger partial charge in [0, 0.05) is 18.7 Å². The summed E-state index contributed by atoms with van der Waals surface area (Å²) in [6.45, 7) is 6.58. The van der Waals surface area contributed by atoms with Gasteiger partial charge in [-0.3, -0.25) is 0 Å². The fraction of sp³-hybridized carbons (Fsp3) is 0.600. The first kappa shape index (κ1) is 15.8. The SMILES string of the molecule is COc1cccc(CNCCCOC(C)C)c1OC. The predicted molar refractivity (Wildman–Crippen MR) is 77.0 cm³/mol. The number of rotatable bonds is 9. The van der Waals surface area contributed by atoms with E-state index in [9.17, 15) is 0 Å². The summed E-state index contributed by atoms with van der Waals surface area (Å²) in [5.41, 5.74) is 1.10. The lowest BCUT2D eigenvalue weighted by Gasteiger charge is -2.13. The first-order chi connectivity index (χ1) is 9.19. The molecule has 0 fully saturated rings. The van der Waals surface area contributed by atoms with Gasteiger partial charge in [-0.1, -0.05) is 12.1 Å². The van der Waals surface area contributed by atoms with Crippen LogP contribution in [-0.4, -0.2) is 33.5 Å². The van der Waals surface area contributed by atoms with E-state index >= 15 is 0 Å². The molecule has 108 valence electrons. The standard InChI is InChI=1S/C15H25NO3/c1-12(2)19-10-6-9-16-11-13-7-5-8-14(17-3)15(13)18-4/h5,7-8,12,16H,6,9-11H2,1-4H3. The Morgan fingerprint density at radius 2 is 1.95 bits per heavy atom. The maximum Gasteiger partial charge on any atom is 0.165 e. The van der Waals surface area contributed by atoms with Gasteiger partial charge in [-0.25, -0.2) is 0 Å². The molecule has 0 aliphatic rings. The Morgan fingerprint density at radius 1 is 1.16 bits per heavy atom. The van der Waals surface area contributed by atoms with Crippen LogP contribution in [0, 0.1) is 0 Å². The zero-order valence-electron chi connectivity index (χ0n) is 12.4. The Morgan fingerprint density at radius 3 is 2.58 bits per heavy atom. The van der Waals surface area contributed by atoms with Crippen LogP contribution in [0.4, 0.5) is 0 Å². The van der Waals surface area contributed by atoms with Gasteiger partial charge in [0.1, 0.15) is 0 Å².